The third kappa shape index (κ3) is 4.43. The second-order valence-electron chi connectivity index (χ2n) is 10.3. The Morgan fingerprint density at radius 1 is 0.333 bits per heavy atom. The lowest BCUT2D eigenvalue weighted by atomic mass is 10.1. The highest BCUT2D eigenvalue weighted by Gasteiger charge is 2.14. The van der Waals surface area contributed by atoms with Crippen molar-refractivity contribution in [2.45, 2.75) is 0 Å². The number of para-hydroxylation sites is 2. The molecule has 5 heteroatoms. The molecule has 196 valence electrons. The number of aromatic nitrogens is 5. The first kappa shape index (κ1) is 24.0. The van der Waals surface area contributed by atoms with E-state index in [0.29, 0.717) is 17.5 Å². The van der Waals surface area contributed by atoms with Gasteiger partial charge in [-0.25, -0.2) is 19.9 Å². The summed E-state index contributed by atoms with van der Waals surface area (Å²) in [6.45, 7) is 0. The number of rotatable bonds is 4. The molecule has 42 heavy (non-hydrogen) atoms. The number of benzene rings is 6. The van der Waals surface area contributed by atoms with Crippen LogP contribution < -0.4 is 0 Å². The molecule has 0 saturated carbocycles. The lowest BCUT2D eigenvalue weighted by Gasteiger charge is -2.10. The molecule has 0 unspecified atom stereocenters. The van der Waals surface area contributed by atoms with E-state index in [1.165, 1.54) is 10.8 Å². The lowest BCUT2D eigenvalue weighted by Crippen LogP contribution is -2.00. The van der Waals surface area contributed by atoms with Gasteiger partial charge in [-0.1, -0.05) is 109 Å². The summed E-state index contributed by atoms with van der Waals surface area (Å²) in [6.07, 6.45) is 1.82. The Morgan fingerprint density at radius 2 is 0.786 bits per heavy atom. The van der Waals surface area contributed by atoms with Gasteiger partial charge in [-0.3, -0.25) is 4.98 Å². The Morgan fingerprint density at radius 3 is 1.38 bits per heavy atom. The van der Waals surface area contributed by atoms with Crippen LogP contribution in [0.2, 0.25) is 0 Å². The van der Waals surface area contributed by atoms with E-state index in [9.17, 15) is 0 Å². The SMILES string of the molecule is c1ccc2cc(-c3nc(-c4ccc(-c5cnc6ccccc6n5)cc4)nc(-c4ccc5ccccc5c4)n3)ccc2c1. The van der Waals surface area contributed by atoms with Crippen LogP contribution in [0.15, 0.2) is 140 Å². The average molecular weight is 538 g/mol. The molecule has 2 aromatic heterocycles. The van der Waals surface area contributed by atoms with Crippen LogP contribution in [0.3, 0.4) is 0 Å². The third-order valence-electron chi connectivity index (χ3n) is 7.54. The molecule has 2 heterocycles. The quantitative estimate of drug-likeness (QED) is 0.224. The molecule has 0 amide bonds. The highest BCUT2D eigenvalue weighted by Crippen LogP contribution is 2.29. The maximum absolute atomic E-state index is 4.97. The Labute approximate surface area is 242 Å². The van der Waals surface area contributed by atoms with Crippen molar-refractivity contribution in [1.29, 1.82) is 0 Å². The third-order valence-corrected chi connectivity index (χ3v) is 7.54. The number of hydrogen-bond acceptors (Lipinski definition) is 5. The van der Waals surface area contributed by atoms with Gasteiger partial charge in [0.05, 0.1) is 22.9 Å². The van der Waals surface area contributed by atoms with Gasteiger partial charge in [-0.05, 0) is 45.8 Å². The monoisotopic (exact) mass is 537 g/mol. The van der Waals surface area contributed by atoms with Crippen LogP contribution in [-0.4, -0.2) is 24.9 Å². The predicted octanol–water partition coefficient (Wildman–Crippen LogP) is 8.79. The van der Waals surface area contributed by atoms with E-state index in [-0.39, 0.29) is 0 Å². The fourth-order valence-corrected chi connectivity index (χ4v) is 5.31. The molecule has 0 aliphatic carbocycles. The van der Waals surface area contributed by atoms with Gasteiger partial charge in [0.15, 0.2) is 17.5 Å². The van der Waals surface area contributed by atoms with E-state index >= 15 is 0 Å². The fourth-order valence-electron chi connectivity index (χ4n) is 5.31. The van der Waals surface area contributed by atoms with Crippen LogP contribution >= 0.6 is 0 Å². The second kappa shape index (κ2) is 9.98. The van der Waals surface area contributed by atoms with Gasteiger partial charge >= 0.3 is 0 Å². The smallest absolute Gasteiger partial charge is 0.164 e. The molecule has 0 bridgehead atoms. The minimum atomic E-state index is 0.618. The van der Waals surface area contributed by atoms with E-state index in [1.807, 2.05) is 79.0 Å². The van der Waals surface area contributed by atoms with Crippen molar-refractivity contribution < 1.29 is 0 Å². The Kier molecular flexibility index (Phi) is 5.71. The minimum absolute atomic E-state index is 0.618. The molecular formula is C37H23N5. The molecule has 6 aromatic carbocycles. The van der Waals surface area contributed by atoms with Gasteiger partial charge in [-0.2, -0.15) is 0 Å². The van der Waals surface area contributed by atoms with Crippen molar-refractivity contribution in [1.82, 2.24) is 24.9 Å². The minimum Gasteiger partial charge on any atom is -0.252 e. The Bertz CT molecular complexity index is 2160. The largest absolute Gasteiger partial charge is 0.252 e. The van der Waals surface area contributed by atoms with E-state index in [1.54, 1.807) is 0 Å². The molecule has 8 aromatic rings. The molecule has 0 fully saturated rings. The summed E-state index contributed by atoms with van der Waals surface area (Å²) >= 11 is 0. The average Bonchev–Trinajstić information content (AvgIpc) is 3.07. The van der Waals surface area contributed by atoms with Crippen LogP contribution in [0, 0.1) is 0 Å². The summed E-state index contributed by atoms with van der Waals surface area (Å²) in [6, 6.07) is 45.4. The first-order valence-electron chi connectivity index (χ1n) is 13.8. The molecule has 0 aliphatic heterocycles. The molecule has 0 spiro atoms. The molecule has 0 N–H and O–H groups in total. The first-order valence-corrected chi connectivity index (χ1v) is 13.8. The first-order chi connectivity index (χ1) is 20.8. The van der Waals surface area contributed by atoms with E-state index in [4.69, 9.17) is 19.9 Å². The van der Waals surface area contributed by atoms with Crippen molar-refractivity contribution in [3.63, 3.8) is 0 Å². The van der Waals surface area contributed by atoms with E-state index in [2.05, 4.69) is 65.6 Å². The lowest BCUT2D eigenvalue weighted by molar-refractivity contribution is 1.07. The van der Waals surface area contributed by atoms with Gasteiger partial charge < -0.3 is 0 Å². The van der Waals surface area contributed by atoms with Crippen LogP contribution in [-0.2, 0) is 0 Å². The normalized spacial score (nSPS) is 11.3. The van der Waals surface area contributed by atoms with Crippen molar-refractivity contribution in [3.8, 4) is 45.4 Å². The topological polar surface area (TPSA) is 64.5 Å². The van der Waals surface area contributed by atoms with E-state index < -0.39 is 0 Å². The second-order valence-corrected chi connectivity index (χ2v) is 10.3. The number of nitrogens with zero attached hydrogens (tertiary/aromatic N) is 5. The van der Waals surface area contributed by atoms with Crippen LogP contribution in [0.25, 0.3) is 78.0 Å². The highest BCUT2D eigenvalue weighted by atomic mass is 15.0. The van der Waals surface area contributed by atoms with Gasteiger partial charge in [0.25, 0.3) is 0 Å². The highest BCUT2D eigenvalue weighted by molar-refractivity contribution is 5.88. The summed E-state index contributed by atoms with van der Waals surface area (Å²) in [5.41, 5.74) is 6.35. The van der Waals surface area contributed by atoms with Gasteiger partial charge in [-0.15, -0.1) is 0 Å². The molecule has 0 aliphatic rings. The number of hydrogen-bond donors (Lipinski definition) is 0. The molecule has 5 nitrogen and oxygen atoms in total. The predicted molar refractivity (Wildman–Crippen MR) is 170 cm³/mol. The summed E-state index contributed by atoms with van der Waals surface area (Å²) < 4.78 is 0. The summed E-state index contributed by atoms with van der Waals surface area (Å²) in [7, 11) is 0. The molecule has 8 rings (SSSR count). The van der Waals surface area contributed by atoms with Crippen molar-refractivity contribution in [2.75, 3.05) is 0 Å². The van der Waals surface area contributed by atoms with Crippen LogP contribution in [0.4, 0.5) is 0 Å². The summed E-state index contributed by atoms with van der Waals surface area (Å²) in [5, 5.41) is 4.64. The van der Waals surface area contributed by atoms with Gasteiger partial charge in [0.1, 0.15) is 0 Å². The van der Waals surface area contributed by atoms with Crippen molar-refractivity contribution in [2.24, 2.45) is 0 Å². The molecular weight excluding hydrogens is 514 g/mol. The Hall–Kier alpha value is -5.81. The number of fused-ring (bicyclic) bond motifs is 3. The summed E-state index contributed by atoms with van der Waals surface area (Å²) in [5.74, 6) is 1.89. The Balaban J connectivity index is 1.25. The van der Waals surface area contributed by atoms with Crippen molar-refractivity contribution in [3.05, 3.63) is 140 Å². The summed E-state index contributed by atoms with van der Waals surface area (Å²) in [4.78, 5) is 24.3. The molecule has 0 radical (unpaired) electrons. The van der Waals surface area contributed by atoms with E-state index in [0.717, 1.165) is 49.8 Å². The zero-order valence-corrected chi connectivity index (χ0v) is 22.5. The van der Waals surface area contributed by atoms with Crippen LogP contribution in [0.1, 0.15) is 0 Å². The fraction of sp³-hybridized carbons (Fsp3) is 0. The zero-order chi connectivity index (χ0) is 27.9. The standard InChI is InChI=1S/C37H23N5/c1-3-9-28-21-30(19-13-24(28)7-1)36-40-35(41-37(42-36)31-20-14-25-8-2-4-10-29(25)22-31)27-17-15-26(16-18-27)34-23-38-32-11-5-6-12-33(32)39-34/h1-23H. The maximum atomic E-state index is 4.97. The van der Waals surface area contributed by atoms with Crippen molar-refractivity contribution >= 4 is 32.6 Å². The maximum Gasteiger partial charge on any atom is 0.164 e. The zero-order valence-electron chi connectivity index (χ0n) is 22.5. The van der Waals surface area contributed by atoms with Gasteiger partial charge in [0, 0.05) is 22.3 Å². The van der Waals surface area contributed by atoms with Crippen LogP contribution in [0.5, 0.6) is 0 Å². The molecule has 0 atom stereocenters. The van der Waals surface area contributed by atoms with Gasteiger partial charge in [0.2, 0.25) is 0 Å². The molecule has 0 saturated heterocycles.